The number of carbonyl (C=O) groups is 4. The fourth-order valence-electron chi connectivity index (χ4n) is 3.92. The number of nitrogens with two attached hydrogens (primary N) is 1. The summed E-state index contributed by atoms with van der Waals surface area (Å²) in [6, 6.07) is 3.48. The largest absolute Gasteiger partial charge is 0.478 e. The van der Waals surface area contributed by atoms with E-state index in [-0.39, 0.29) is 39.1 Å². The average molecular weight is 617 g/mol. The van der Waals surface area contributed by atoms with Crippen molar-refractivity contribution in [3.63, 3.8) is 0 Å². The molecule has 1 fully saturated rings. The molecule has 1 aromatic heterocycles. The maximum absolute atomic E-state index is 13.2. The van der Waals surface area contributed by atoms with Gasteiger partial charge in [0.15, 0.2) is 10.8 Å². The Morgan fingerprint density at radius 1 is 1.31 bits per heavy atom. The lowest BCUT2D eigenvalue weighted by molar-refractivity contribution is -0.385. The minimum Gasteiger partial charge on any atom is -0.478 e. The number of thiazole rings is 1. The van der Waals surface area contributed by atoms with E-state index in [0.29, 0.717) is 5.56 Å². The lowest BCUT2D eigenvalue weighted by Gasteiger charge is -2.49. The van der Waals surface area contributed by atoms with Crippen molar-refractivity contribution < 1.29 is 39.2 Å². The lowest BCUT2D eigenvalue weighted by atomic mass is 10.0. The molecule has 220 valence electrons. The fourth-order valence-corrected chi connectivity index (χ4v) is 5.79. The lowest BCUT2D eigenvalue weighted by Crippen LogP contribution is -2.71. The Hall–Kier alpha value is -4.77. The van der Waals surface area contributed by atoms with Crippen LogP contribution in [0.5, 0.6) is 0 Å². The van der Waals surface area contributed by atoms with Gasteiger partial charge in [-0.2, -0.15) is 0 Å². The van der Waals surface area contributed by atoms with E-state index in [0.717, 1.165) is 16.2 Å². The molecule has 15 nitrogen and oxygen atoms in total. The summed E-state index contributed by atoms with van der Waals surface area (Å²) < 4.78 is 0. The maximum Gasteiger partial charge on any atom is 0.352 e. The molecular formula is C25H24N6O9S2. The van der Waals surface area contributed by atoms with Gasteiger partial charge in [0.25, 0.3) is 17.5 Å². The van der Waals surface area contributed by atoms with Crippen molar-refractivity contribution in [2.24, 2.45) is 5.16 Å². The molecule has 2 aliphatic heterocycles. The van der Waals surface area contributed by atoms with Crippen molar-refractivity contribution in [2.45, 2.75) is 37.8 Å². The van der Waals surface area contributed by atoms with Gasteiger partial charge in [-0.25, -0.2) is 14.6 Å². The van der Waals surface area contributed by atoms with Gasteiger partial charge in [-0.3, -0.25) is 24.6 Å². The number of nitro groups is 1. The van der Waals surface area contributed by atoms with Gasteiger partial charge in [0.2, 0.25) is 5.60 Å². The number of nitrogens with zero attached hydrogens (tertiary/aromatic N) is 4. The third-order valence-electron chi connectivity index (χ3n) is 6.19. The molecule has 3 heterocycles. The molecule has 5 N–H and O–H groups in total. The number of anilines is 1. The molecule has 2 amide bonds. The number of fused-ring (bicyclic) bond motifs is 1. The molecule has 0 saturated carbocycles. The number of hydrogen-bond acceptors (Lipinski definition) is 12. The fraction of sp³-hybridized carbons (Fsp3) is 0.280. The second kappa shape index (κ2) is 11.6. The van der Waals surface area contributed by atoms with E-state index in [1.807, 2.05) is 0 Å². The topological polar surface area (TPSA) is 228 Å². The zero-order valence-corrected chi connectivity index (χ0v) is 23.9. The number of carbonyl (C=O) groups excluding carboxylic acids is 2. The Kier molecular flexibility index (Phi) is 8.35. The van der Waals surface area contributed by atoms with Crippen molar-refractivity contribution >= 4 is 69.5 Å². The Balaban J connectivity index is 1.58. The van der Waals surface area contributed by atoms with Crippen LogP contribution in [0.25, 0.3) is 6.08 Å². The second-order valence-corrected chi connectivity index (χ2v) is 11.6. The Morgan fingerprint density at radius 3 is 2.62 bits per heavy atom. The highest BCUT2D eigenvalue weighted by molar-refractivity contribution is 8.00. The molecule has 0 radical (unpaired) electrons. The SMILES string of the molecule is Cc1ccc(/C=C/C2=C(C(=O)O)N3C(=O)C(NC(=O)/C(=N\OC(C)(C)C(=O)O)c4csc(N)n4)C3SC2)c([N+](=O)[O-])c1. The number of nitro benzene ring substituents is 1. The Bertz CT molecular complexity index is 1600. The summed E-state index contributed by atoms with van der Waals surface area (Å²) in [5.41, 5.74) is 4.16. The van der Waals surface area contributed by atoms with Crippen LogP contribution in [0, 0.1) is 17.0 Å². The van der Waals surface area contributed by atoms with Crippen molar-refractivity contribution in [1.29, 1.82) is 0 Å². The highest BCUT2D eigenvalue weighted by Gasteiger charge is 2.54. The first kappa shape index (κ1) is 30.2. The van der Waals surface area contributed by atoms with Crippen LogP contribution in [0.3, 0.4) is 0 Å². The average Bonchev–Trinajstić information content (AvgIpc) is 3.35. The number of oxime groups is 1. The van der Waals surface area contributed by atoms with E-state index in [4.69, 9.17) is 10.6 Å². The number of amides is 2. The summed E-state index contributed by atoms with van der Waals surface area (Å²) >= 11 is 2.18. The molecule has 2 aromatic rings. The highest BCUT2D eigenvalue weighted by Crippen LogP contribution is 2.41. The van der Waals surface area contributed by atoms with Crippen LogP contribution in [0.2, 0.25) is 0 Å². The number of carboxylic acids is 2. The van der Waals surface area contributed by atoms with Crippen LogP contribution in [-0.2, 0) is 24.0 Å². The Labute approximate surface area is 245 Å². The van der Waals surface area contributed by atoms with Crippen molar-refractivity contribution in [3.05, 3.63) is 67.9 Å². The van der Waals surface area contributed by atoms with Gasteiger partial charge in [0, 0.05) is 17.2 Å². The number of β-lactam (4-membered cyclic amide) rings is 1. The van der Waals surface area contributed by atoms with E-state index >= 15 is 0 Å². The number of carboxylic acid groups (broad SMARTS) is 2. The zero-order valence-electron chi connectivity index (χ0n) is 22.3. The van der Waals surface area contributed by atoms with E-state index in [1.54, 1.807) is 19.1 Å². The number of nitrogens with one attached hydrogen (secondary N) is 1. The Morgan fingerprint density at radius 2 is 2.02 bits per heavy atom. The molecule has 0 spiro atoms. The van der Waals surface area contributed by atoms with Crippen LogP contribution in [-0.4, -0.2) is 77.3 Å². The van der Waals surface area contributed by atoms with Crippen LogP contribution < -0.4 is 11.1 Å². The summed E-state index contributed by atoms with van der Waals surface area (Å²) in [7, 11) is 0. The van der Waals surface area contributed by atoms with Crippen LogP contribution >= 0.6 is 23.1 Å². The molecule has 1 aromatic carbocycles. The molecule has 4 rings (SSSR count). The first-order chi connectivity index (χ1) is 19.7. The van der Waals surface area contributed by atoms with Gasteiger partial charge in [0.1, 0.15) is 22.8 Å². The summed E-state index contributed by atoms with van der Waals surface area (Å²) in [5.74, 6) is -4.24. The first-order valence-electron chi connectivity index (χ1n) is 12.1. The number of aryl methyl sites for hydroxylation is 1. The molecule has 2 aliphatic rings. The number of aromatic nitrogens is 1. The normalized spacial score (nSPS) is 18.9. The quantitative estimate of drug-likeness (QED) is 0.130. The molecular weight excluding hydrogens is 592 g/mol. The van der Waals surface area contributed by atoms with E-state index in [2.05, 4.69) is 15.5 Å². The van der Waals surface area contributed by atoms with E-state index < -0.39 is 51.4 Å². The molecule has 2 unspecified atom stereocenters. The number of aliphatic carboxylic acids is 2. The number of allylic oxidation sites excluding steroid dienone is 1. The summed E-state index contributed by atoms with van der Waals surface area (Å²) in [5, 5.41) is 37.6. The summed E-state index contributed by atoms with van der Waals surface area (Å²) in [6.45, 7) is 4.15. The third kappa shape index (κ3) is 5.96. The number of nitrogen functional groups attached to an aromatic ring is 1. The first-order valence-corrected chi connectivity index (χ1v) is 14.0. The standard InChI is InChI=1S/C25H24N6O9S2/c1-11-4-5-12(15(8-11)31(38)39)6-7-13-9-41-21-17(20(33)30(21)18(13)22(34)35)28-19(32)16(14-10-42-24(26)27-14)29-40-25(2,3)23(36)37/h4-8,10,17,21H,9H2,1-3H3,(H2,26,27)(H,28,32)(H,34,35)(H,36,37)/b7-6+,29-16-. The minimum absolute atomic E-state index is 0.0140. The molecule has 0 aliphatic carbocycles. The zero-order chi connectivity index (χ0) is 30.9. The monoisotopic (exact) mass is 616 g/mol. The van der Waals surface area contributed by atoms with Crippen LogP contribution in [0.1, 0.15) is 30.7 Å². The maximum atomic E-state index is 13.2. The number of benzene rings is 1. The highest BCUT2D eigenvalue weighted by atomic mass is 32.2. The molecule has 2 atom stereocenters. The van der Waals surface area contributed by atoms with E-state index in [9.17, 15) is 39.5 Å². The second-order valence-electron chi connectivity index (χ2n) is 9.61. The smallest absolute Gasteiger partial charge is 0.352 e. The van der Waals surface area contributed by atoms with Gasteiger partial charge >= 0.3 is 11.9 Å². The van der Waals surface area contributed by atoms with Crippen molar-refractivity contribution in [1.82, 2.24) is 15.2 Å². The number of hydrogen-bond donors (Lipinski definition) is 4. The summed E-state index contributed by atoms with van der Waals surface area (Å²) in [6.07, 6.45) is 2.84. The van der Waals surface area contributed by atoms with Gasteiger partial charge in [0.05, 0.1) is 10.5 Å². The van der Waals surface area contributed by atoms with Gasteiger partial charge < -0.3 is 26.1 Å². The van der Waals surface area contributed by atoms with Crippen molar-refractivity contribution in [3.8, 4) is 0 Å². The van der Waals surface area contributed by atoms with Crippen molar-refractivity contribution in [2.75, 3.05) is 11.5 Å². The minimum atomic E-state index is -1.79. The van der Waals surface area contributed by atoms with Gasteiger partial charge in [-0.1, -0.05) is 17.3 Å². The third-order valence-corrected chi connectivity index (χ3v) is 8.17. The van der Waals surface area contributed by atoms with E-state index in [1.165, 1.54) is 49.2 Å². The predicted octanol–water partition coefficient (Wildman–Crippen LogP) is 1.98. The molecule has 42 heavy (non-hydrogen) atoms. The number of rotatable bonds is 10. The molecule has 17 heteroatoms. The van der Waals surface area contributed by atoms with Crippen LogP contribution in [0.4, 0.5) is 10.8 Å². The van der Waals surface area contributed by atoms with Gasteiger partial charge in [-0.05, 0) is 44.1 Å². The number of thioether (sulfide) groups is 1. The summed E-state index contributed by atoms with van der Waals surface area (Å²) in [4.78, 5) is 70.9. The van der Waals surface area contributed by atoms with Crippen LogP contribution in [0.15, 0.2) is 46.1 Å². The van der Waals surface area contributed by atoms with Gasteiger partial charge in [-0.15, -0.1) is 23.1 Å². The molecule has 1 saturated heterocycles. The molecule has 0 bridgehead atoms. The predicted molar refractivity (Wildman–Crippen MR) is 152 cm³/mol.